The van der Waals surface area contributed by atoms with Crippen molar-refractivity contribution in [3.05, 3.63) is 48.3 Å². The highest BCUT2D eigenvalue weighted by Crippen LogP contribution is 2.29. The van der Waals surface area contributed by atoms with Crippen molar-refractivity contribution in [3.63, 3.8) is 0 Å². The molecule has 0 radical (unpaired) electrons. The van der Waals surface area contributed by atoms with Crippen LogP contribution in [0.1, 0.15) is 45.6 Å². The molecule has 0 aliphatic carbocycles. The average Bonchev–Trinajstić information content (AvgIpc) is 3.11. The van der Waals surface area contributed by atoms with Crippen LogP contribution in [0.5, 0.6) is 0 Å². The third-order valence-corrected chi connectivity index (χ3v) is 5.30. The SMILES string of the molecule is CC(CC(C)(C)c1ccccc1)Nc1cc(N2CCCC2CO)ncn1. The van der Waals surface area contributed by atoms with Crippen molar-refractivity contribution in [2.24, 2.45) is 0 Å². The Bertz CT molecular complexity index is 704. The molecule has 1 aromatic carbocycles. The Hall–Kier alpha value is -2.14. The largest absolute Gasteiger partial charge is 0.394 e. The van der Waals surface area contributed by atoms with Gasteiger partial charge in [-0.25, -0.2) is 9.97 Å². The molecule has 0 amide bonds. The van der Waals surface area contributed by atoms with Crippen molar-refractivity contribution in [3.8, 4) is 0 Å². The zero-order chi connectivity index (χ0) is 18.6. The van der Waals surface area contributed by atoms with Crippen molar-refractivity contribution in [2.45, 2.75) is 57.5 Å². The second-order valence-corrected chi connectivity index (χ2v) is 7.93. The maximum Gasteiger partial charge on any atom is 0.134 e. The van der Waals surface area contributed by atoms with E-state index in [-0.39, 0.29) is 24.1 Å². The normalized spacial score (nSPS) is 18.8. The van der Waals surface area contributed by atoms with Crippen LogP contribution in [0.2, 0.25) is 0 Å². The predicted octanol–water partition coefficient (Wildman–Crippen LogP) is 3.61. The van der Waals surface area contributed by atoms with E-state index in [0.717, 1.165) is 37.4 Å². The molecule has 2 unspecified atom stereocenters. The van der Waals surface area contributed by atoms with E-state index >= 15 is 0 Å². The summed E-state index contributed by atoms with van der Waals surface area (Å²) in [6.45, 7) is 7.87. The van der Waals surface area contributed by atoms with Gasteiger partial charge in [0.1, 0.15) is 18.0 Å². The lowest BCUT2D eigenvalue weighted by Crippen LogP contribution is -2.33. The van der Waals surface area contributed by atoms with Crippen LogP contribution in [-0.4, -0.2) is 40.3 Å². The minimum absolute atomic E-state index is 0.0838. The van der Waals surface area contributed by atoms with Crippen molar-refractivity contribution < 1.29 is 5.11 Å². The summed E-state index contributed by atoms with van der Waals surface area (Å²) in [6, 6.07) is 13.1. The quantitative estimate of drug-likeness (QED) is 0.795. The van der Waals surface area contributed by atoms with Gasteiger partial charge in [0.25, 0.3) is 0 Å². The number of rotatable bonds is 7. The number of aliphatic hydroxyl groups excluding tert-OH is 1. The molecule has 1 aliphatic heterocycles. The molecule has 0 bridgehead atoms. The standard InChI is InChI=1S/C21H30N4O/c1-16(13-21(2,3)17-8-5-4-6-9-17)24-19-12-20(23-15-22-19)25-11-7-10-18(25)14-26/h4-6,8-9,12,15-16,18,26H,7,10-11,13-14H2,1-3H3,(H,22,23,24). The molecule has 26 heavy (non-hydrogen) atoms. The Morgan fingerprint density at radius 2 is 2.04 bits per heavy atom. The highest BCUT2D eigenvalue weighted by molar-refractivity contribution is 5.50. The fourth-order valence-corrected chi connectivity index (χ4v) is 3.99. The number of hydrogen-bond acceptors (Lipinski definition) is 5. The van der Waals surface area contributed by atoms with E-state index < -0.39 is 0 Å². The number of benzene rings is 1. The minimum Gasteiger partial charge on any atom is -0.394 e. The lowest BCUT2D eigenvalue weighted by Gasteiger charge is -2.29. The molecule has 5 heteroatoms. The molecule has 1 aromatic heterocycles. The average molecular weight is 354 g/mol. The van der Waals surface area contributed by atoms with Crippen LogP contribution in [-0.2, 0) is 5.41 Å². The Balaban J connectivity index is 1.66. The van der Waals surface area contributed by atoms with Gasteiger partial charge in [-0.2, -0.15) is 0 Å². The van der Waals surface area contributed by atoms with Gasteiger partial charge in [-0.05, 0) is 37.2 Å². The first-order valence-electron chi connectivity index (χ1n) is 9.51. The van der Waals surface area contributed by atoms with Gasteiger partial charge in [0.15, 0.2) is 0 Å². The second-order valence-electron chi connectivity index (χ2n) is 7.93. The zero-order valence-corrected chi connectivity index (χ0v) is 16.0. The predicted molar refractivity (Wildman–Crippen MR) is 107 cm³/mol. The Morgan fingerprint density at radius 1 is 1.27 bits per heavy atom. The monoisotopic (exact) mass is 354 g/mol. The molecule has 2 N–H and O–H groups in total. The first-order valence-corrected chi connectivity index (χ1v) is 9.51. The smallest absolute Gasteiger partial charge is 0.134 e. The molecular weight excluding hydrogens is 324 g/mol. The fourth-order valence-electron chi connectivity index (χ4n) is 3.99. The van der Waals surface area contributed by atoms with Crippen LogP contribution >= 0.6 is 0 Å². The molecule has 140 valence electrons. The van der Waals surface area contributed by atoms with Crippen molar-refractivity contribution in [1.29, 1.82) is 0 Å². The number of anilines is 2. The maximum atomic E-state index is 9.55. The van der Waals surface area contributed by atoms with Gasteiger partial charge in [-0.15, -0.1) is 0 Å². The highest BCUT2D eigenvalue weighted by atomic mass is 16.3. The molecular formula is C21H30N4O. The molecule has 0 spiro atoms. The molecule has 5 nitrogen and oxygen atoms in total. The van der Waals surface area contributed by atoms with Crippen molar-refractivity contribution >= 4 is 11.6 Å². The van der Waals surface area contributed by atoms with Crippen LogP contribution in [0.25, 0.3) is 0 Å². The molecule has 1 fully saturated rings. The number of hydrogen-bond donors (Lipinski definition) is 2. The molecule has 3 rings (SSSR count). The molecule has 1 aliphatic rings. The fraction of sp³-hybridized carbons (Fsp3) is 0.524. The molecule has 2 aromatic rings. The van der Waals surface area contributed by atoms with Crippen LogP contribution < -0.4 is 10.2 Å². The van der Waals surface area contributed by atoms with Gasteiger partial charge in [0.05, 0.1) is 12.6 Å². The highest BCUT2D eigenvalue weighted by Gasteiger charge is 2.26. The first kappa shape index (κ1) is 18.6. The van der Waals surface area contributed by atoms with Gasteiger partial charge in [-0.1, -0.05) is 44.2 Å². The Labute approximate surface area is 156 Å². The summed E-state index contributed by atoms with van der Waals surface area (Å²) in [5.41, 5.74) is 1.43. The van der Waals surface area contributed by atoms with Crippen molar-refractivity contribution in [2.75, 3.05) is 23.4 Å². The van der Waals surface area contributed by atoms with Gasteiger partial charge in [-0.3, -0.25) is 0 Å². The summed E-state index contributed by atoms with van der Waals surface area (Å²) in [7, 11) is 0. The van der Waals surface area contributed by atoms with E-state index in [1.807, 2.05) is 6.07 Å². The van der Waals surface area contributed by atoms with Gasteiger partial charge in [0.2, 0.25) is 0 Å². The Morgan fingerprint density at radius 3 is 2.77 bits per heavy atom. The lowest BCUT2D eigenvalue weighted by molar-refractivity contribution is 0.266. The number of nitrogens with one attached hydrogen (secondary N) is 1. The van der Waals surface area contributed by atoms with Gasteiger partial charge < -0.3 is 15.3 Å². The number of nitrogens with zero attached hydrogens (tertiary/aromatic N) is 3. The Kier molecular flexibility index (Phi) is 5.77. The first-order chi connectivity index (χ1) is 12.5. The molecule has 1 saturated heterocycles. The number of aromatic nitrogens is 2. The summed E-state index contributed by atoms with van der Waals surface area (Å²) >= 11 is 0. The molecule has 0 saturated carbocycles. The van der Waals surface area contributed by atoms with E-state index in [4.69, 9.17) is 0 Å². The maximum absolute atomic E-state index is 9.55. The van der Waals surface area contributed by atoms with Crippen LogP contribution in [0.3, 0.4) is 0 Å². The third kappa shape index (κ3) is 4.33. The van der Waals surface area contributed by atoms with E-state index in [1.54, 1.807) is 6.33 Å². The third-order valence-electron chi connectivity index (χ3n) is 5.30. The number of aliphatic hydroxyl groups is 1. The van der Waals surface area contributed by atoms with Crippen LogP contribution in [0.15, 0.2) is 42.7 Å². The van der Waals surface area contributed by atoms with Crippen LogP contribution in [0, 0.1) is 0 Å². The van der Waals surface area contributed by atoms with Gasteiger partial charge in [0, 0.05) is 18.7 Å². The summed E-state index contributed by atoms with van der Waals surface area (Å²) < 4.78 is 0. The molecule has 2 heterocycles. The van der Waals surface area contributed by atoms with E-state index in [1.165, 1.54) is 5.56 Å². The molecule has 2 atom stereocenters. The minimum atomic E-state index is 0.0838. The summed E-state index contributed by atoms with van der Waals surface area (Å²) in [6.07, 6.45) is 4.73. The topological polar surface area (TPSA) is 61.3 Å². The second kappa shape index (κ2) is 8.04. The van der Waals surface area contributed by atoms with Crippen LogP contribution in [0.4, 0.5) is 11.6 Å². The zero-order valence-electron chi connectivity index (χ0n) is 16.0. The van der Waals surface area contributed by atoms with E-state index in [9.17, 15) is 5.11 Å². The van der Waals surface area contributed by atoms with Crippen molar-refractivity contribution in [1.82, 2.24) is 9.97 Å². The summed E-state index contributed by atoms with van der Waals surface area (Å²) in [5.74, 6) is 1.74. The van der Waals surface area contributed by atoms with E-state index in [2.05, 4.69) is 71.3 Å². The summed E-state index contributed by atoms with van der Waals surface area (Å²) in [4.78, 5) is 11.0. The lowest BCUT2D eigenvalue weighted by atomic mass is 9.79. The summed E-state index contributed by atoms with van der Waals surface area (Å²) in [5, 5.41) is 13.1. The van der Waals surface area contributed by atoms with Gasteiger partial charge >= 0.3 is 0 Å². The van der Waals surface area contributed by atoms with E-state index in [0.29, 0.717) is 0 Å².